The third-order valence-corrected chi connectivity index (χ3v) is 4.19. The first-order chi connectivity index (χ1) is 10.4. The fourth-order valence-corrected chi connectivity index (χ4v) is 2.96. The molecular formula is C16H21F3N2O. The average Bonchev–Trinajstić information content (AvgIpc) is 2.47. The standard InChI is InChI=1S/C16H21F3N2O/c17-16(18,19)14-10-12(4-5-13(14)15(20)22)3-1-2-11-6-8-21-9-7-11/h4-5,10-11,21H,1-3,6-9H2,(H2,20,22). The van der Waals surface area contributed by atoms with E-state index >= 15 is 0 Å². The van der Waals surface area contributed by atoms with E-state index in [1.807, 2.05) is 0 Å². The third-order valence-electron chi connectivity index (χ3n) is 4.19. The van der Waals surface area contributed by atoms with E-state index in [4.69, 9.17) is 5.73 Å². The Balaban J connectivity index is 2.00. The molecule has 1 aliphatic rings. The fraction of sp³-hybridized carbons (Fsp3) is 0.562. The highest BCUT2D eigenvalue weighted by Crippen LogP contribution is 2.33. The van der Waals surface area contributed by atoms with E-state index in [0.717, 1.165) is 44.8 Å². The number of rotatable bonds is 5. The molecule has 22 heavy (non-hydrogen) atoms. The Hall–Kier alpha value is -1.56. The normalized spacial score (nSPS) is 16.7. The number of nitrogens with one attached hydrogen (secondary N) is 1. The maximum atomic E-state index is 13.0. The lowest BCUT2D eigenvalue weighted by molar-refractivity contribution is -0.138. The van der Waals surface area contributed by atoms with Crippen molar-refractivity contribution in [3.05, 3.63) is 34.9 Å². The van der Waals surface area contributed by atoms with Crippen molar-refractivity contribution in [2.75, 3.05) is 13.1 Å². The minimum Gasteiger partial charge on any atom is -0.366 e. The number of alkyl halides is 3. The van der Waals surface area contributed by atoms with Crippen molar-refractivity contribution in [2.24, 2.45) is 11.7 Å². The van der Waals surface area contributed by atoms with Crippen molar-refractivity contribution in [3.63, 3.8) is 0 Å². The van der Waals surface area contributed by atoms with Gasteiger partial charge in [-0.15, -0.1) is 0 Å². The van der Waals surface area contributed by atoms with Gasteiger partial charge in [0.05, 0.1) is 11.1 Å². The first kappa shape index (κ1) is 16.8. The van der Waals surface area contributed by atoms with Gasteiger partial charge in [0.25, 0.3) is 0 Å². The van der Waals surface area contributed by atoms with E-state index in [1.54, 1.807) is 6.07 Å². The molecule has 1 heterocycles. The van der Waals surface area contributed by atoms with Gasteiger partial charge in [-0.05, 0) is 62.4 Å². The summed E-state index contributed by atoms with van der Waals surface area (Å²) in [6, 6.07) is 3.81. The second kappa shape index (κ2) is 7.13. The van der Waals surface area contributed by atoms with Crippen LogP contribution in [0.3, 0.4) is 0 Å². The molecule has 0 bridgehead atoms. The number of halogens is 3. The topological polar surface area (TPSA) is 55.1 Å². The number of benzene rings is 1. The highest BCUT2D eigenvalue weighted by atomic mass is 19.4. The molecule has 2 rings (SSSR count). The molecule has 1 fully saturated rings. The SMILES string of the molecule is NC(=O)c1ccc(CCCC2CCNCC2)cc1C(F)(F)F. The van der Waals surface area contributed by atoms with Crippen molar-refractivity contribution in [1.82, 2.24) is 5.32 Å². The number of hydrogen-bond acceptors (Lipinski definition) is 2. The highest BCUT2D eigenvalue weighted by molar-refractivity contribution is 5.94. The van der Waals surface area contributed by atoms with Crippen LogP contribution in [0.2, 0.25) is 0 Å². The average molecular weight is 314 g/mol. The van der Waals surface area contributed by atoms with Crippen LogP contribution in [0.5, 0.6) is 0 Å². The molecular weight excluding hydrogens is 293 g/mol. The number of nitrogens with two attached hydrogens (primary N) is 1. The van der Waals surface area contributed by atoms with Crippen molar-refractivity contribution in [1.29, 1.82) is 0 Å². The predicted molar refractivity (Wildman–Crippen MR) is 78.5 cm³/mol. The van der Waals surface area contributed by atoms with E-state index in [2.05, 4.69) is 5.32 Å². The van der Waals surface area contributed by atoms with Gasteiger partial charge < -0.3 is 11.1 Å². The van der Waals surface area contributed by atoms with Crippen LogP contribution in [0.4, 0.5) is 13.2 Å². The molecule has 1 amide bonds. The van der Waals surface area contributed by atoms with Gasteiger partial charge in [-0.1, -0.05) is 12.5 Å². The number of hydrogen-bond donors (Lipinski definition) is 2. The van der Waals surface area contributed by atoms with Crippen LogP contribution in [0.25, 0.3) is 0 Å². The van der Waals surface area contributed by atoms with Crippen LogP contribution in [-0.4, -0.2) is 19.0 Å². The van der Waals surface area contributed by atoms with Crippen molar-refractivity contribution in [3.8, 4) is 0 Å². The number of carbonyl (C=O) groups is 1. The fourth-order valence-electron chi connectivity index (χ4n) is 2.96. The van der Waals surface area contributed by atoms with Gasteiger partial charge >= 0.3 is 6.18 Å². The summed E-state index contributed by atoms with van der Waals surface area (Å²) >= 11 is 0. The van der Waals surface area contributed by atoms with Gasteiger partial charge in [-0.25, -0.2) is 0 Å². The molecule has 3 N–H and O–H groups in total. The minimum absolute atomic E-state index is 0.463. The Morgan fingerprint density at radius 3 is 2.55 bits per heavy atom. The van der Waals surface area contributed by atoms with Crippen molar-refractivity contribution in [2.45, 2.75) is 38.3 Å². The van der Waals surface area contributed by atoms with Crippen LogP contribution >= 0.6 is 0 Å². The number of carbonyl (C=O) groups excluding carboxylic acids is 1. The van der Waals surface area contributed by atoms with Crippen molar-refractivity contribution >= 4 is 5.91 Å². The predicted octanol–water partition coefficient (Wildman–Crippen LogP) is 3.13. The van der Waals surface area contributed by atoms with E-state index in [-0.39, 0.29) is 0 Å². The summed E-state index contributed by atoms with van der Waals surface area (Å²) in [6.07, 6.45) is 0.183. The zero-order valence-corrected chi connectivity index (χ0v) is 12.4. The second-order valence-electron chi connectivity index (χ2n) is 5.83. The first-order valence-corrected chi connectivity index (χ1v) is 7.58. The summed E-state index contributed by atoms with van der Waals surface area (Å²) < 4.78 is 39.0. The maximum absolute atomic E-state index is 13.0. The summed E-state index contributed by atoms with van der Waals surface area (Å²) in [5.74, 6) is -0.387. The molecule has 122 valence electrons. The summed E-state index contributed by atoms with van der Waals surface area (Å²) in [4.78, 5) is 11.1. The lowest BCUT2D eigenvalue weighted by Crippen LogP contribution is -2.27. The minimum atomic E-state index is -4.56. The molecule has 0 spiro atoms. The van der Waals surface area contributed by atoms with Gasteiger partial charge in [0.2, 0.25) is 5.91 Å². The molecule has 0 saturated carbocycles. The Bertz CT molecular complexity index is 523. The molecule has 0 radical (unpaired) electrons. The second-order valence-corrected chi connectivity index (χ2v) is 5.83. The summed E-state index contributed by atoms with van der Waals surface area (Å²) in [5, 5.41) is 3.29. The smallest absolute Gasteiger partial charge is 0.366 e. The molecule has 6 heteroatoms. The van der Waals surface area contributed by atoms with Crippen LogP contribution in [0.15, 0.2) is 18.2 Å². The Morgan fingerprint density at radius 1 is 1.27 bits per heavy atom. The molecule has 0 unspecified atom stereocenters. The molecule has 0 aliphatic carbocycles. The van der Waals surface area contributed by atoms with E-state index < -0.39 is 23.2 Å². The zero-order valence-electron chi connectivity index (χ0n) is 12.4. The highest BCUT2D eigenvalue weighted by Gasteiger charge is 2.34. The third kappa shape index (κ3) is 4.47. The van der Waals surface area contributed by atoms with Crippen LogP contribution < -0.4 is 11.1 Å². The first-order valence-electron chi connectivity index (χ1n) is 7.58. The summed E-state index contributed by atoms with van der Waals surface area (Å²) in [6.45, 7) is 2.05. The number of amides is 1. The lowest BCUT2D eigenvalue weighted by atomic mass is 9.91. The van der Waals surface area contributed by atoms with E-state index in [1.165, 1.54) is 6.07 Å². The molecule has 1 aliphatic heterocycles. The Labute approximate surface area is 128 Å². The van der Waals surface area contributed by atoms with Crippen LogP contribution in [-0.2, 0) is 12.6 Å². The van der Waals surface area contributed by atoms with Gasteiger partial charge in [-0.2, -0.15) is 13.2 Å². The lowest BCUT2D eigenvalue weighted by Gasteiger charge is -2.22. The summed E-state index contributed by atoms with van der Waals surface area (Å²) in [5.41, 5.74) is 4.22. The molecule has 3 nitrogen and oxygen atoms in total. The molecule has 1 saturated heterocycles. The molecule has 1 aromatic carbocycles. The number of primary amides is 1. The monoisotopic (exact) mass is 314 g/mol. The number of piperidine rings is 1. The van der Waals surface area contributed by atoms with Gasteiger partial charge in [0.15, 0.2) is 0 Å². The zero-order chi connectivity index (χ0) is 16.2. The molecule has 1 aromatic rings. The Kier molecular flexibility index (Phi) is 5.45. The van der Waals surface area contributed by atoms with Gasteiger partial charge in [-0.3, -0.25) is 4.79 Å². The van der Waals surface area contributed by atoms with E-state index in [0.29, 0.717) is 17.9 Å². The molecule has 0 atom stereocenters. The van der Waals surface area contributed by atoms with Gasteiger partial charge in [0, 0.05) is 0 Å². The quantitative estimate of drug-likeness (QED) is 0.877. The van der Waals surface area contributed by atoms with Crippen molar-refractivity contribution < 1.29 is 18.0 Å². The molecule has 0 aromatic heterocycles. The maximum Gasteiger partial charge on any atom is 0.417 e. The van der Waals surface area contributed by atoms with Crippen LogP contribution in [0, 0.1) is 5.92 Å². The summed E-state index contributed by atoms with van der Waals surface area (Å²) in [7, 11) is 0. The van der Waals surface area contributed by atoms with Gasteiger partial charge in [0.1, 0.15) is 0 Å². The Morgan fingerprint density at radius 2 is 1.95 bits per heavy atom. The van der Waals surface area contributed by atoms with Crippen LogP contribution in [0.1, 0.15) is 47.2 Å². The largest absolute Gasteiger partial charge is 0.417 e. The van der Waals surface area contributed by atoms with E-state index in [9.17, 15) is 18.0 Å². The number of aryl methyl sites for hydroxylation is 1.